The van der Waals surface area contributed by atoms with E-state index in [4.69, 9.17) is 19.3 Å². The lowest BCUT2D eigenvalue weighted by Crippen LogP contribution is -2.35. The largest absolute Gasteiger partial charge is 0.479 e. The number of aliphatic hydroxyl groups excluding tert-OH is 1. The van der Waals surface area contributed by atoms with Gasteiger partial charge < -0.3 is 29.5 Å². The second kappa shape index (κ2) is 6.96. The number of nitrogens with one attached hydrogen (secondary N) is 1. The number of aliphatic hydroxyl groups is 1. The Kier molecular flexibility index (Phi) is 4.75. The van der Waals surface area contributed by atoms with Gasteiger partial charge in [-0.3, -0.25) is 9.59 Å². The number of rotatable bonds is 6. The lowest BCUT2D eigenvalue weighted by atomic mass is 9.97. The molecule has 8 nitrogen and oxygen atoms in total. The molecule has 0 unspecified atom stereocenters. The van der Waals surface area contributed by atoms with Gasteiger partial charge in [-0.05, 0) is 24.5 Å². The van der Waals surface area contributed by atoms with Crippen LogP contribution in [0.4, 0.5) is 0 Å². The van der Waals surface area contributed by atoms with Crippen LogP contribution in [-0.4, -0.2) is 62.0 Å². The second-order valence-corrected chi connectivity index (χ2v) is 5.67. The standard InChI is InChI=1S/C16H20N2O6/c1-18-5-3-10-7-11-14(24-9-23-11)15(13(10)16(18)21)22-8-12(20)17-4-2-6-19/h7,19H,2-6,8-9H2,1H3,(H,17,20). The molecule has 8 heteroatoms. The van der Waals surface area contributed by atoms with Crippen LogP contribution in [-0.2, 0) is 11.2 Å². The highest BCUT2D eigenvalue weighted by molar-refractivity contribution is 6.01. The SMILES string of the molecule is CN1CCc2cc3c(c(OCC(=O)NCCCO)c2C1=O)OCO3. The number of likely N-dealkylation sites (N-methyl/N-ethyl adjacent to an activating group) is 1. The number of amides is 2. The van der Waals surface area contributed by atoms with E-state index in [1.54, 1.807) is 18.0 Å². The van der Waals surface area contributed by atoms with Crippen molar-refractivity contribution in [2.75, 3.05) is 40.1 Å². The summed E-state index contributed by atoms with van der Waals surface area (Å²) >= 11 is 0. The van der Waals surface area contributed by atoms with E-state index >= 15 is 0 Å². The number of hydrogen-bond acceptors (Lipinski definition) is 6. The number of carbonyl (C=O) groups is 2. The van der Waals surface area contributed by atoms with Gasteiger partial charge in [0, 0.05) is 26.7 Å². The van der Waals surface area contributed by atoms with E-state index < -0.39 is 0 Å². The van der Waals surface area contributed by atoms with Crippen LogP contribution in [0, 0.1) is 0 Å². The third-order valence-electron chi connectivity index (χ3n) is 3.98. The van der Waals surface area contributed by atoms with Crippen molar-refractivity contribution in [2.45, 2.75) is 12.8 Å². The molecule has 0 saturated heterocycles. The zero-order valence-corrected chi connectivity index (χ0v) is 13.5. The molecule has 0 saturated carbocycles. The molecule has 2 heterocycles. The molecule has 2 amide bonds. The number of benzene rings is 1. The van der Waals surface area contributed by atoms with Gasteiger partial charge in [-0.25, -0.2) is 0 Å². The van der Waals surface area contributed by atoms with Gasteiger partial charge in [0.25, 0.3) is 11.8 Å². The summed E-state index contributed by atoms with van der Waals surface area (Å²) in [5.74, 6) is 0.659. The van der Waals surface area contributed by atoms with E-state index in [0.29, 0.717) is 43.0 Å². The molecular weight excluding hydrogens is 316 g/mol. The van der Waals surface area contributed by atoms with Gasteiger partial charge in [0.05, 0.1) is 5.56 Å². The van der Waals surface area contributed by atoms with E-state index in [1.807, 2.05) is 0 Å². The molecule has 0 atom stereocenters. The van der Waals surface area contributed by atoms with Gasteiger partial charge >= 0.3 is 0 Å². The predicted octanol–water partition coefficient (Wildman–Crippen LogP) is -0.0792. The smallest absolute Gasteiger partial charge is 0.257 e. The number of carbonyl (C=O) groups excluding carboxylic acids is 2. The highest BCUT2D eigenvalue weighted by Crippen LogP contribution is 2.46. The average Bonchev–Trinajstić information content (AvgIpc) is 3.04. The molecule has 1 aromatic rings. The summed E-state index contributed by atoms with van der Waals surface area (Å²) in [6.45, 7) is 0.806. The monoisotopic (exact) mass is 336 g/mol. The lowest BCUT2D eigenvalue weighted by molar-refractivity contribution is -0.123. The molecule has 2 aliphatic rings. The molecule has 2 N–H and O–H groups in total. The van der Waals surface area contributed by atoms with Gasteiger partial charge in [-0.1, -0.05) is 0 Å². The molecule has 0 spiro atoms. The molecule has 0 aromatic heterocycles. The van der Waals surface area contributed by atoms with Crippen LogP contribution in [0.15, 0.2) is 6.07 Å². The summed E-state index contributed by atoms with van der Waals surface area (Å²) in [5.41, 5.74) is 1.26. The molecule has 0 fully saturated rings. The summed E-state index contributed by atoms with van der Waals surface area (Å²) in [5, 5.41) is 11.4. The second-order valence-electron chi connectivity index (χ2n) is 5.67. The van der Waals surface area contributed by atoms with E-state index in [0.717, 1.165) is 5.56 Å². The third kappa shape index (κ3) is 3.09. The zero-order chi connectivity index (χ0) is 17.1. The number of hydrogen-bond donors (Lipinski definition) is 2. The Morgan fingerprint density at radius 1 is 1.46 bits per heavy atom. The van der Waals surface area contributed by atoms with Crippen molar-refractivity contribution in [3.8, 4) is 17.2 Å². The molecule has 24 heavy (non-hydrogen) atoms. The fourth-order valence-electron chi connectivity index (χ4n) is 2.71. The highest BCUT2D eigenvalue weighted by atomic mass is 16.7. The summed E-state index contributed by atoms with van der Waals surface area (Å²) in [6, 6.07) is 1.80. The Morgan fingerprint density at radius 2 is 2.29 bits per heavy atom. The Balaban J connectivity index is 1.82. The Morgan fingerprint density at radius 3 is 3.08 bits per heavy atom. The summed E-state index contributed by atoms with van der Waals surface area (Å²) in [7, 11) is 1.72. The molecule has 130 valence electrons. The summed E-state index contributed by atoms with van der Waals surface area (Å²) in [6.07, 6.45) is 1.16. The van der Waals surface area contributed by atoms with Crippen molar-refractivity contribution in [3.63, 3.8) is 0 Å². The first kappa shape index (κ1) is 16.4. The van der Waals surface area contributed by atoms with Gasteiger partial charge in [0.1, 0.15) is 0 Å². The fraction of sp³-hybridized carbons (Fsp3) is 0.500. The van der Waals surface area contributed by atoms with Crippen molar-refractivity contribution >= 4 is 11.8 Å². The van der Waals surface area contributed by atoms with Crippen molar-refractivity contribution in [3.05, 3.63) is 17.2 Å². The van der Waals surface area contributed by atoms with Gasteiger partial charge in [0.15, 0.2) is 18.1 Å². The van der Waals surface area contributed by atoms with Crippen LogP contribution in [0.25, 0.3) is 0 Å². The van der Waals surface area contributed by atoms with Crippen molar-refractivity contribution in [1.82, 2.24) is 10.2 Å². The quantitative estimate of drug-likeness (QED) is 0.706. The fourth-order valence-corrected chi connectivity index (χ4v) is 2.71. The van der Waals surface area contributed by atoms with Crippen molar-refractivity contribution in [2.24, 2.45) is 0 Å². The maximum atomic E-state index is 12.5. The molecule has 1 aromatic carbocycles. The van der Waals surface area contributed by atoms with E-state index in [9.17, 15) is 9.59 Å². The Bertz CT molecular complexity index is 660. The van der Waals surface area contributed by atoms with Gasteiger partial charge in [0.2, 0.25) is 12.5 Å². The topological polar surface area (TPSA) is 97.3 Å². The number of fused-ring (bicyclic) bond motifs is 2. The Hall–Kier alpha value is -2.48. The first-order valence-corrected chi connectivity index (χ1v) is 7.83. The molecule has 0 radical (unpaired) electrons. The highest BCUT2D eigenvalue weighted by Gasteiger charge is 2.33. The minimum Gasteiger partial charge on any atom is -0.479 e. The van der Waals surface area contributed by atoms with E-state index in [1.165, 1.54) is 0 Å². The van der Waals surface area contributed by atoms with Crippen LogP contribution in [0.5, 0.6) is 17.2 Å². The van der Waals surface area contributed by atoms with Gasteiger partial charge in [-0.2, -0.15) is 0 Å². The van der Waals surface area contributed by atoms with Crippen LogP contribution in [0.2, 0.25) is 0 Å². The first-order chi connectivity index (χ1) is 11.6. The third-order valence-corrected chi connectivity index (χ3v) is 3.98. The molecular formula is C16H20N2O6. The average molecular weight is 336 g/mol. The minimum atomic E-state index is -0.328. The zero-order valence-electron chi connectivity index (χ0n) is 13.5. The first-order valence-electron chi connectivity index (χ1n) is 7.83. The molecule has 0 bridgehead atoms. The molecule has 0 aliphatic carbocycles. The summed E-state index contributed by atoms with van der Waals surface area (Å²) < 4.78 is 16.5. The minimum absolute atomic E-state index is 0.00680. The maximum absolute atomic E-state index is 12.5. The van der Waals surface area contributed by atoms with Gasteiger partial charge in [-0.15, -0.1) is 0 Å². The lowest BCUT2D eigenvalue weighted by Gasteiger charge is -2.27. The Labute approximate surface area is 139 Å². The van der Waals surface area contributed by atoms with Crippen LogP contribution in [0.3, 0.4) is 0 Å². The van der Waals surface area contributed by atoms with E-state index in [2.05, 4.69) is 5.32 Å². The van der Waals surface area contributed by atoms with E-state index in [-0.39, 0.29) is 37.6 Å². The molecule has 3 rings (SSSR count). The van der Waals surface area contributed by atoms with Crippen molar-refractivity contribution < 1.29 is 28.9 Å². The maximum Gasteiger partial charge on any atom is 0.257 e. The number of ether oxygens (including phenoxy) is 3. The normalized spacial score (nSPS) is 15.2. The molecule has 2 aliphatic heterocycles. The number of nitrogens with zero attached hydrogens (tertiary/aromatic N) is 1. The summed E-state index contributed by atoms with van der Waals surface area (Å²) in [4.78, 5) is 25.9. The predicted molar refractivity (Wildman–Crippen MR) is 83.4 cm³/mol. The van der Waals surface area contributed by atoms with Crippen LogP contribution >= 0.6 is 0 Å². The van der Waals surface area contributed by atoms with Crippen LogP contribution in [0.1, 0.15) is 22.3 Å². The van der Waals surface area contributed by atoms with Crippen LogP contribution < -0.4 is 19.5 Å². The van der Waals surface area contributed by atoms with Crippen molar-refractivity contribution in [1.29, 1.82) is 0 Å².